The van der Waals surface area contributed by atoms with Crippen molar-refractivity contribution >= 4 is 33.3 Å². The zero-order valence-corrected chi connectivity index (χ0v) is 12.0. The minimum absolute atomic E-state index is 0.174. The van der Waals surface area contributed by atoms with E-state index in [2.05, 4.69) is 15.3 Å². The van der Waals surface area contributed by atoms with E-state index < -0.39 is 0 Å². The van der Waals surface area contributed by atoms with Crippen molar-refractivity contribution in [2.75, 3.05) is 5.32 Å². The number of benzene rings is 1. The van der Waals surface area contributed by atoms with E-state index in [4.69, 9.17) is 0 Å². The normalized spacial score (nSPS) is 10.7. The minimum atomic E-state index is -0.174. The molecule has 0 bridgehead atoms. The van der Waals surface area contributed by atoms with Gasteiger partial charge in [0.05, 0.1) is 5.56 Å². The number of hydrogen-bond donors (Lipinski definition) is 1. The number of amides is 1. The quantitative estimate of drug-likeness (QED) is 0.782. The minimum Gasteiger partial charge on any atom is -0.290 e. The molecule has 0 saturated carbocycles. The molecule has 3 rings (SSSR count). The van der Waals surface area contributed by atoms with Gasteiger partial charge in [-0.3, -0.25) is 10.1 Å². The van der Waals surface area contributed by atoms with Crippen LogP contribution in [0.4, 0.5) is 5.95 Å². The molecule has 0 aliphatic rings. The van der Waals surface area contributed by atoms with Crippen molar-refractivity contribution in [1.82, 2.24) is 9.97 Å². The van der Waals surface area contributed by atoms with Crippen LogP contribution in [0.25, 0.3) is 10.1 Å². The summed E-state index contributed by atoms with van der Waals surface area (Å²) in [6.07, 6.45) is 0. The number of nitrogens with zero attached hydrogens (tertiary/aromatic N) is 2. The van der Waals surface area contributed by atoms with Gasteiger partial charge in [-0.1, -0.05) is 18.2 Å². The zero-order chi connectivity index (χ0) is 14.1. The molecule has 1 aromatic carbocycles. The summed E-state index contributed by atoms with van der Waals surface area (Å²) in [6, 6.07) is 9.72. The molecule has 5 heteroatoms. The highest BCUT2D eigenvalue weighted by molar-refractivity contribution is 7.17. The molecule has 0 fully saturated rings. The van der Waals surface area contributed by atoms with E-state index in [9.17, 15) is 4.79 Å². The highest BCUT2D eigenvalue weighted by atomic mass is 32.1. The third-order valence-corrected chi connectivity index (χ3v) is 3.90. The second kappa shape index (κ2) is 5.02. The van der Waals surface area contributed by atoms with Gasteiger partial charge in [0.1, 0.15) is 0 Å². The Morgan fingerprint density at radius 3 is 2.60 bits per heavy atom. The first kappa shape index (κ1) is 12.7. The summed E-state index contributed by atoms with van der Waals surface area (Å²) in [6.45, 7) is 3.76. The Morgan fingerprint density at radius 2 is 1.85 bits per heavy atom. The molecule has 0 unspecified atom stereocenters. The average Bonchev–Trinajstić information content (AvgIpc) is 2.81. The van der Waals surface area contributed by atoms with Crippen molar-refractivity contribution in [2.24, 2.45) is 0 Å². The van der Waals surface area contributed by atoms with Crippen molar-refractivity contribution in [3.63, 3.8) is 0 Å². The number of hydrogen-bond acceptors (Lipinski definition) is 4. The highest BCUT2D eigenvalue weighted by Gasteiger charge is 2.13. The van der Waals surface area contributed by atoms with Gasteiger partial charge in [0, 0.05) is 26.9 Å². The third-order valence-electron chi connectivity index (χ3n) is 2.93. The molecule has 20 heavy (non-hydrogen) atoms. The number of aryl methyl sites for hydroxylation is 2. The lowest BCUT2D eigenvalue weighted by atomic mass is 10.2. The Kier molecular flexibility index (Phi) is 3.20. The number of nitrogens with one attached hydrogen (secondary N) is 1. The van der Waals surface area contributed by atoms with Gasteiger partial charge >= 0.3 is 0 Å². The second-order valence-electron chi connectivity index (χ2n) is 4.57. The summed E-state index contributed by atoms with van der Waals surface area (Å²) in [7, 11) is 0. The van der Waals surface area contributed by atoms with Crippen LogP contribution in [-0.4, -0.2) is 15.9 Å². The van der Waals surface area contributed by atoms with Crippen molar-refractivity contribution < 1.29 is 4.79 Å². The maximum absolute atomic E-state index is 12.3. The molecule has 0 atom stereocenters. The van der Waals surface area contributed by atoms with Crippen LogP contribution < -0.4 is 5.32 Å². The fourth-order valence-corrected chi connectivity index (χ4v) is 3.05. The molecule has 1 amide bonds. The maximum atomic E-state index is 12.3. The summed E-state index contributed by atoms with van der Waals surface area (Å²) >= 11 is 1.56. The van der Waals surface area contributed by atoms with Gasteiger partial charge in [-0.25, -0.2) is 9.97 Å². The molecule has 2 heterocycles. The molecule has 0 saturated heterocycles. The summed E-state index contributed by atoms with van der Waals surface area (Å²) in [4.78, 5) is 20.8. The van der Waals surface area contributed by atoms with Gasteiger partial charge in [0.25, 0.3) is 5.91 Å². The Hall–Kier alpha value is -2.27. The fourth-order valence-electron chi connectivity index (χ4n) is 2.10. The lowest BCUT2D eigenvalue weighted by Gasteiger charge is -2.04. The Bertz CT molecular complexity index is 774. The summed E-state index contributed by atoms with van der Waals surface area (Å²) in [5, 5.41) is 5.59. The molecule has 4 nitrogen and oxygen atoms in total. The van der Waals surface area contributed by atoms with E-state index in [0.29, 0.717) is 11.5 Å². The Morgan fingerprint density at radius 1 is 1.15 bits per heavy atom. The molecule has 0 aliphatic carbocycles. The molecule has 0 aliphatic heterocycles. The molecule has 0 spiro atoms. The first-order valence-electron chi connectivity index (χ1n) is 6.23. The van der Waals surface area contributed by atoms with Crippen LogP contribution in [0.15, 0.2) is 35.7 Å². The third kappa shape index (κ3) is 2.40. The van der Waals surface area contributed by atoms with Gasteiger partial charge in [-0.15, -0.1) is 11.3 Å². The van der Waals surface area contributed by atoms with E-state index in [1.807, 2.05) is 49.6 Å². The number of carbonyl (C=O) groups excluding carboxylic acids is 1. The average molecular weight is 283 g/mol. The Balaban J connectivity index is 1.93. The molecular weight excluding hydrogens is 270 g/mol. The summed E-state index contributed by atoms with van der Waals surface area (Å²) in [5.74, 6) is 0.176. The highest BCUT2D eigenvalue weighted by Crippen LogP contribution is 2.26. The van der Waals surface area contributed by atoms with Crippen LogP contribution >= 0.6 is 11.3 Å². The SMILES string of the molecule is Cc1cc(C)nc(NC(=O)c2csc3ccccc23)n1. The van der Waals surface area contributed by atoms with Crippen LogP contribution in [0.1, 0.15) is 21.7 Å². The summed E-state index contributed by atoms with van der Waals surface area (Å²) in [5.41, 5.74) is 2.33. The lowest BCUT2D eigenvalue weighted by molar-refractivity contribution is 0.102. The van der Waals surface area contributed by atoms with E-state index in [0.717, 1.165) is 21.5 Å². The standard InChI is InChI=1S/C15H13N3OS/c1-9-7-10(2)17-15(16-9)18-14(19)12-8-20-13-6-4-3-5-11(12)13/h3-8H,1-2H3,(H,16,17,18,19). The smallest absolute Gasteiger partial charge is 0.259 e. The zero-order valence-electron chi connectivity index (χ0n) is 11.2. The van der Waals surface area contributed by atoms with E-state index in [1.54, 1.807) is 11.3 Å². The number of rotatable bonds is 2. The number of thiophene rings is 1. The van der Waals surface area contributed by atoms with Crippen molar-refractivity contribution in [2.45, 2.75) is 13.8 Å². The number of carbonyl (C=O) groups is 1. The first-order valence-corrected chi connectivity index (χ1v) is 7.11. The van der Waals surface area contributed by atoms with Crippen LogP contribution in [0, 0.1) is 13.8 Å². The molecule has 1 N–H and O–H groups in total. The van der Waals surface area contributed by atoms with Gasteiger partial charge in [-0.05, 0) is 26.0 Å². The van der Waals surface area contributed by atoms with E-state index >= 15 is 0 Å². The maximum Gasteiger partial charge on any atom is 0.259 e. The molecule has 0 radical (unpaired) electrons. The largest absolute Gasteiger partial charge is 0.290 e. The second-order valence-corrected chi connectivity index (χ2v) is 5.49. The topological polar surface area (TPSA) is 54.9 Å². The summed E-state index contributed by atoms with van der Waals surface area (Å²) < 4.78 is 1.10. The predicted molar refractivity (Wildman–Crippen MR) is 81.3 cm³/mol. The number of aromatic nitrogens is 2. The van der Waals surface area contributed by atoms with Gasteiger partial charge in [-0.2, -0.15) is 0 Å². The molecule has 3 aromatic rings. The van der Waals surface area contributed by atoms with Crippen LogP contribution in [0.2, 0.25) is 0 Å². The molecular formula is C15H13N3OS. The van der Waals surface area contributed by atoms with Crippen molar-refractivity contribution in [3.8, 4) is 0 Å². The van der Waals surface area contributed by atoms with Gasteiger partial charge in [0.15, 0.2) is 0 Å². The van der Waals surface area contributed by atoms with E-state index in [-0.39, 0.29) is 5.91 Å². The van der Waals surface area contributed by atoms with Crippen LogP contribution in [0.3, 0.4) is 0 Å². The monoisotopic (exact) mass is 283 g/mol. The fraction of sp³-hybridized carbons (Fsp3) is 0.133. The molecule has 100 valence electrons. The van der Waals surface area contributed by atoms with Crippen LogP contribution in [0.5, 0.6) is 0 Å². The number of fused-ring (bicyclic) bond motifs is 1. The van der Waals surface area contributed by atoms with Gasteiger partial charge < -0.3 is 0 Å². The van der Waals surface area contributed by atoms with Crippen molar-refractivity contribution in [3.05, 3.63) is 52.7 Å². The first-order chi connectivity index (χ1) is 9.63. The number of anilines is 1. The predicted octanol–water partition coefficient (Wildman–Crippen LogP) is 3.56. The van der Waals surface area contributed by atoms with Crippen molar-refractivity contribution in [1.29, 1.82) is 0 Å². The molecule has 2 aromatic heterocycles. The Labute approximate surface area is 120 Å². The van der Waals surface area contributed by atoms with Gasteiger partial charge in [0.2, 0.25) is 5.95 Å². The lowest BCUT2D eigenvalue weighted by Crippen LogP contribution is -2.14. The van der Waals surface area contributed by atoms with Crippen LogP contribution in [-0.2, 0) is 0 Å². The van der Waals surface area contributed by atoms with E-state index in [1.165, 1.54) is 0 Å².